The van der Waals surface area contributed by atoms with E-state index in [-0.39, 0.29) is 11.4 Å². The Hall–Kier alpha value is -4.06. The van der Waals surface area contributed by atoms with E-state index < -0.39 is 5.97 Å². The minimum absolute atomic E-state index is 0.166. The van der Waals surface area contributed by atoms with Crippen LogP contribution in [0.5, 0.6) is 11.5 Å². The van der Waals surface area contributed by atoms with Crippen molar-refractivity contribution < 1.29 is 23.8 Å². The largest absolute Gasteiger partial charge is 0.495 e. The third-order valence-electron chi connectivity index (χ3n) is 5.21. The molecule has 0 spiro atoms. The van der Waals surface area contributed by atoms with Crippen molar-refractivity contribution in [1.82, 2.24) is 0 Å². The van der Waals surface area contributed by atoms with E-state index in [0.717, 1.165) is 21.9 Å². The zero-order valence-electron chi connectivity index (χ0n) is 17.5. The van der Waals surface area contributed by atoms with Gasteiger partial charge < -0.3 is 19.9 Å². The van der Waals surface area contributed by atoms with E-state index in [4.69, 9.17) is 9.47 Å². The Morgan fingerprint density at radius 2 is 1.72 bits per heavy atom. The number of fused-ring (bicyclic) bond motifs is 1. The van der Waals surface area contributed by atoms with Crippen molar-refractivity contribution in [3.63, 3.8) is 0 Å². The summed E-state index contributed by atoms with van der Waals surface area (Å²) in [6.45, 7) is 0.684. The molecule has 4 aromatic rings. The van der Waals surface area contributed by atoms with E-state index in [9.17, 15) is 14.3 Å². The van der Waals surface area contributed by atoms with Crippen molar-refractivity contribution in [3.05, 3.63) is 101 Å². The molecule has 2 N–H and O–H groups in total. The summed E-state index contributed by atoms with van der Waals surface area (Å²) in [5.74, 6) is -0.0658. The number of halogens is 1. The molecule has 0 aliphatic heterocycles. The Morgan fingerprint density at radius 3 is 2.47 bits per heavy atom. The van der Waals surface area contributed by atoms with E-state index >= 15 is 0 Å². The van der Waals surface area contributed by atoms with Gasteiger partial charge in [-0.2, -0.15) is 0 Å². The first-order valence-corrected chi connectivity index (χ1v) is 10.1. The molecule has 0 atom stereocenters. The maximum atomic E-state index is 13.2. The highest BCUT2D eigenvalue weighted by Crippen LogP contribution is 2.32. The van der Waals surface area contributed by atoms with Gasteiger partial charge in [0.1, 0.15) is 23.9 Å². The van der Waals surface area contributed by atoms with E-state index in [0.29, 0.717) is 30.3 Å². The predicted molar refractivity (Wildman–Crippen MR) is 122 cm³/mol. The fourth-order valence-corrected chi connectivity index (χ4v) is 3.54. The van der Waals surface area contributed by atoms with Gasteiger partial charge in [-0.3, -0.25) is 0 Å². The molecule has 32 heavy (non-hydrogen) atoms. The summed E-state index contributed by atoms with van der Waals surface area (Å²) in [4.78, 5) is 11.4. The second kappa shape index (κ2) is 9.39. The molecular formula is C26H22FNO4. The van der Waals surface area contributed by atoms with Gasteiger partial charge in [-0.15, -0.1) is 0 Å². The smallest absolute Gasteiger partial charge is 0.335 e. The molecule has 4 rings (SSSR count). The van der Waals surface area contributed by atoms with Crippen LogP contribution in [0.3, 0.4) is 0 Å². The zero-order chi connectivity index (χ0) is 22.5. The lowest BCUT2D eigenvalue weighted by Gasteiger charge is -2.17. The Labute approximate surface area is 185 Å². The lowest BCUT2D eigenvalue weighted by molar-refractivity contribution is 0.0697. The van der Waals surface area contributed by atoms with Crippen LogP contribution in [0, 0.1) is 5.82 Å². The van der Waals surface area contributed by atoms with Crippen LogP contribution < -0.4 is 14.8 Å². The zero-order valence-corrected chi connectivity index (χ0v) is 17.5. The van der Waals surface area contributed by atoms with Crippen molar-refractivity contribution in [3.8, 4) is 11.5 Å². The first-order valence-electron chi connectivity index (χ1n) is 10.1. The predicted octanol–water partition coefficient (Wildman–Crippen LogP) is 5.88. The maximum absolute atomic E-state index is 13.2. The summed E-state index contributed by atoms with van der Waals surface area (Å²) in [5, 5.41) is 14.7. The molecule has 0 fully saturated rings. The van der Waals surface area contributed by atoms with Gasteiger partial charge in [0.05, 0.1) is 18.4 Å². The molecule has 0 unspecified atom stereocenters. The van der Waals surface area contributed by atoms with Crippen LogP contribution in [0.1, 0.15) is 21.5 Å². The van der Waals surface area contributed by atoms with Crippen LogP contribution in [0.4, 0.5) is 10.1 Å². The monoisotopic (exact) mass is 431 g/mol. The van der Waals surface area contributed by atoms with E-state index in [1.54, 1.807) is 24.3 Å². The highest BCUT2D eigenvalue weighted by molar-refractivity contribution is 5.90. The molecule has 0 amide bonds. The molecule has 162 valence electrons. The number of ether oxygens (including phenoxy) is 2. The van der Waals surface area contributed by atoms with Crippen molar-refractivity contribution in [2.75, 3.05) is 12.4 Å². The second-order valence-electron chi connectivity index (χ2n) is 7.25. The number of benzene rings is 4. The molecule has 5 nitrogen and oxygen atoms in total. The minimum Gasteiger partial charge on any atom is -0.495 e. The molecular weight excluding hydrogens is 409 g/mol. The van der Waals surface area contributed by atoms with Crippen LogP contribution in [0.15, 0.2) is 78.9 Å². The van der Waals surface area contributed by atoms with E-state index in [1.807, 2.05) is 36.4 Å². The highest BCUT2D eigenvalue weighted by Gasteiger charge is 2.13. The number of carboxylic acids is 1. The van der Waals surface area contributed by atoms with Crippen LogP contribution >= 0.6 is 0 Å². The van der Waals surface area contributed by atoms with Crippen LogP contribution in [0.2, 0.25) is 0 Å². The number of methoxy groups -OCH3 is 1. The average molecular weight is 431 g/mol. The normalized spacial score (nSPS) is 10.7. The highest BCUT2D eigenvalue weighted by atomic mass is 19.1. The third-order valence-corrected chi connectivity index (χ3v) is 5.21. The average Bonchev–Trinajstić information content (AvgIpc) is 2.82. The number of hydrogen-bond donors (Lipinski definition) is 2. The molecule has 6 heteroatoms. The summed E-state index contributed by atoms with van der Waals surface area (Å²) < 4.78 is 24.7. The molecule has 0 bridgehead atoms. The Kier molecular flexibility index (Phi) is 6.22. The minimum atomic E-state index is -1.01. The first-order chi connectivity index (χ1) is 15.5. The van der Waals surface area contributed by atoms with Gasteiger partial charge in [0.15, 0.2) is 0 Å². The van der Waals surface area contributed by atoms with Gasteiger partial charge in [0.25, 0.3) is 0 Å². The first kappa shape index (κ1) is 21.2. The third kappa shape index (κ3) is 4.64. The van der Waals surface area contributed by atoms with Crippen LogP contribution in [0.25, 0.3) is 10.8 Å². The Morgan fingerprint density at radius 1 is 0.969 bits per heavy atom. The van der Waals surface area contributed by atoms with Crippen molar-refractivity contribution in [2.45, 2.75) is 13.2 Å². The molecule has 0 saturated heterocycles. The molecule has 4 aromatic carbocycles. The van der Waals surface area contributed by atoms with Gasteiger partial charge in [-0.25, -0.2) is 9.18 Å². The van der Waals surface area contributed by atoms with Gasteiger partial charge in [0.2, 0.25) is 0 Å². The number of nitrogens with one attached hydrogen (secondary N) is 1. The molecule has 0 aliphatic carbocycles. The van der Waals surface area contributed by atoms with Gasteiger partial charge in [-0.1, -0.05) is 42.5 Å². The number of carboxylic acid groups (broad SMARTS) is 1. The standard InChI is InChI=1S/C26H22FNO4/c1-31-25-13-9-19(26(29)30)14-23(25)28-15-22-21-5-3-2-4-18(21)8-12-24(22)32-16-17-6-10-20(27)11-7-17/h2-14,28H,15-16H2,1H3,(H,29,30). The van der Waals surface area contributed by atoms with E-state index in [2.05, 4.69) is 5.32 Å². The lowest BCUT2D eigenvalue weighted by Crippen LogP contribution is -2.07. The van der Waals surface area contributed by atoms with Crippen molar-refractivity contribution in [1.29, 1.82) is 0 Å². The lowest BCUT2D eigenvalue weighted by atomic mass is 10.0. The van der Waals surface area contributed by atoms with Crippen LogP contribution in [-0.4, -0.2) is 18.2 Å². The van der Waals surface area contributed by atoms with Gasteiger partial charge >= 0.3 is 5.97 Å². The topological polar surface area (TPSA) is 67.8 Å². The fraction of sp³-hybridized carbons (Fsp3) is 0.115. The number of rotatable bonds is 8. The quantitative estimate of drug-likeness (QED) is 0.365. The molecule has 0 heterocycles. The molecule has 0 aromatic heterocycles. The summed E-state index contributed by atoms with van der Waals surface area (Å²) in [6, 6.07) is 22.7. The summed E-state index contributed by atoms with van der Waals surface area (Å²) in [7, 11) is 1.54. The number of carbonyl (C=O) groups is 1. The van der Waals surface area contributed by atoms with Crippen molar-refractivity contribution in [2.24, 2.45) is 0 Å². The van der Waals surface area contributed by atoms with Crippen molar-refractivity contribution >= 4 is 22.4 Å². The summed E-state index contributed by atoms with van der Waals surface area (Å²) in [6.07, 6.45) is 0. The van der Waals surface area contributed by atoms with Gasteiger partial charge in [0, 0.05) is 12.1 Å². The Balaban J connectivity index is 1.64. The van der Waals surface area contributed by atoms with Crippen LogP contribution in [-0.2, 0) is 13.2 Å². The molecule has 0 radical (unpaired) electrons. The number of hydrogen-bond acceptors (Lipinski definition) is 4. The maximum Gasteiger partial charge on any atom is 0.335 e. The SMILES string of the molecule is COc1ccc(C(=O)O)cc1NCc1c(OCc2ccc(F)cc2)ccc2ccccc12. The van der Waals surface area contributed by atoms with Gasteiger partial charge in [-0.05, 0) is 52.7 Å². The fourth-order valence-electron chi connectivity index (χ4n) is 3.54. The molecule has 0 aliphatic rings. The van der Waals surface area contributed by atoms with E-state index in [1.165, 1.54) is 25.3 Å². The number of anilines is 1. The summed E-state index contributed by atoms with van der Waals surface area (Å²) in [5.41, 5.74) is 2.52. The molecule has 0 saturated carbocycles. The second-order valence-corrected chi connectivity index (χ2v) is 7.25. The number of aromatic carboxylic acids is 1. The Bertz CT molecular complexity index is 1250. The summed E-state index contributed by atoms with van der Waals surface area (Å²) >= 11 is 0.